The standard InChI is InChI=1S/C9H9N3O2/c1-5-3-4-7-11-10-6(2)12(7)8(5)9(13)14/h3-4H,1-2H3,(H,13,14). The Hall–Kier alpha value is -1.91. The lowest BCUT2D eigenvalue weighted by Gasteiger charge is -2.04. The van der Waals surface area contributed by atoms with Gasteiger partial charge in [0.15, 0.2) is 5.65 Å². The summed E-state index contributed by atoms with van der Waals surface area (Å²) in [6.07, 6.45) is 0. The minimum atomic E-state index is -0.962. The molecule has 0 aliphatic carbocycles. The molecule has 0 unspecified atom stereocenters. The molecule has 2 aromatic heterocycles. The van der Waals surface area contributed by atoms with Crippen molar-refractivity contribution in [3.8, 4) is 0 Å². The van der Waals surface area contributed by atoms with Gasteiger partial charge in [0.25, 0.3) is 0 Å². The van der Waals surface area contributed by atoms with Gasteiger partial charge in [-0.1, -0.05) is 6.07 Å². The van der Waals surface area contributed by atoms with Crippen LogP contribution in [0.3, 0.4) is 0 Å². The Labute approximate surface area is 80.0 Å². The fourth-order valence-electron chi connectivity index (χ4n) is 1.48. The van der Waals surface area contributed by atoms with E-state index in [4.69, 9.17) is 5.11 Å². The third-order valence-corrected chi connectivity index (χ3v) is 2.13. The average molecular weight is 191 g/mol. The molecule has 0 aromatic carbocycles. The summed E-state index contributed by atoms with van der Waals surface area (Å²) < 4.78 is 1.54. The first-order valence-electron chi connectivity index (χ1n) is 4.16. The van der Waals surface area contributed by atoms with Gasteiger partial charge in [0.1, 0.15) is 11.5 Å². The lowest BCUT2D eigenvalue weighted by Crippen LogP contribution is -2.08. The van der Waals surface area contributed by atoms with Crippen LogP contribution in [-0.4, -0.2) is 25.7 Å². The zero-order chi connectivity index (χ0) is 10.3. The van der Waals surface area contributed by atoms with Crippen LogP contribution in [0.25, 0.3) is 5.65 Å². The summed E-state index contributed by atoms with van der Waals surface area (Å²) >= 11 is 0. The summed E-state index contributed by atoms with van der Waals surface area (Å²) in [7, 11) is 0. The number of rotatable bonds is 1. The summed E-state index contributed by atoms with van der Waals surface area (Å²) in [6, 6.07) is 3.48. The molecule has 2 heterocycles. The number of hydrogen-bond acceptors (Lipinski definition) is 3. The van der Waals surface area contributed by atoms with Gasteiger partial charge in [-0.15, -0.1) is 10.2 Å². The number of carboxylic acids is 1. The van der Waals surface area contributed by atoms with Crippen LogP contribution in [0.15, 0.2) is 12.1 Å². The Kier molecular flexibility index (Phi) is 1.73. The van der Waals surface area contributed by atoms with Crippen LogP contribution >= 0.6 is 0 Å². The first kappa shape index (κ1) is 8.68. The van der Waals surface area contributed by atoms with E-state index in [1.165, 1.54) is 4.40 Å². The van der Waals surface area contributed by atoms with Gasteiger partial charge in [0, 0.05) is 0 Å². The maximum absolute atomic E-state index is 11.0. The van der Waals surface area contributed by atoms with E-state index in [2.05, 4.69) is 10.2 Å². The van der Waals surface area contributed by atoms with E-state index in [9.17, 15) is 4.79 Å². The summed E-state index contributed by atoms with van der Waals surface area (Å²) in [5.41, 5.74) is 1.49. The predicted molar refractivity (Wildman–Crippen MR) is 49.4 cm³/mol. The molecule has 72 valence electrons. The van der Waals surface area contributed by atoms with Crippen molar-refractivity contribution in [3.63, 3.8) is 0 Å². The molecule has 0 saturated heterocycles. The van der Waals surface area contributed by atoms with Crippen molar-refractivity contribution >= 4 is 11.6 Å². The highest BCUT2D eigenvalue weighted by molar-refractivity contribution is 5.88. The summed E-state index contributed by atoms with van der Waals surface area (Å²) in [5, 5.41) is 16.7. The summed E-state index contributed by atoms with van der Waals surface area (Å²) in [4.78, 5) is 11.0. The Morgan fingerprint density at radius 3 is 2.71 bits per heavy atom. The molecular weight excluding hydrogens is 182 g/mol. The smallest absolute Gasteiger partial charge is 0.353 e. The molecule has 0 aliphatic heterocycles. The Balaban J connectivity index is 2.94. The third kappa shape index (κ3) is 1.06. The zero-order valence-electron chi connectivity index (χ0n) is 7.85. The minimum absolute atomic E-state index is 0.227. The van der Waals surface area contributed by atoms with Gasteiger partial charge >= 0.3 is 5.97 Å². The fraction of sp³-hybridized carbons (Fsp3) is 0.222. The average Bonchev–Trinajstić information content (AvgIpc) is 2.47. The van der Waals surface area contributed by atoms with Crippen molar-refractivity contribution < 1.29 is 9.90 Å². The van der Waals surface area contributed by atoms with Crippen molar-refractivity contribution in [3.05, 3.63) is 29.2 Å². The van der Waals surface area contributed by atoms with Crippen LogP contribution in [0.2, 0.25) is 0 Å². The monoisotopic (exact) mass is 191 g/mol. The van der Waals surface area contributed by atoms with Crippen LogP contribution < -0.4 is 0 Å². The minimum Gasteiger partial charge on any atom is -0.477 e. The predicted octanol–water partition coefficient (Wildman–Crippen LogP) is 1.04. The SMILES string of the molecule is Cc1ccc2nnc(C)n2c1C(=O)O. The van der Waals surface area contributed by atoms with Crippen molar-refractivity contribution in [1.29, 1.82) is 0 Å². The van der Waals surface area contributed by atoms with Crippen molar-refractivity contribution in [2.75, 3.05) is 0 Å². The zero-order valence-corrected chi connectivity index (χ0v) is 7.85. The number of nitrogens with zero attached hydrogens (tertiary/aromatic N) is 3. The Morgan fingerprint density at radius 2 is 2.07 bits per heavy atom. The lowest BCUT2D eigenvalue weighted by atomic mass is 10.2. The normalized spacial score (nSPS) is 10.7. The molecule has 14 heavy (non-hydrogen) atoms. The second kappa shape index (κ2) is 2.80. The van der Waals surface area contributed by atoms with E-state index in [-0.39, 0.29) is 5.69 Å². The fourth-order valence-corrected chi connectivity index (χ4v) is 1.48. The number of aromatic nitrogens is 3. The van der Waals surface area contributed by atoms with Crippen molar-refractivity contribution in [2.24, 2.45) is 0 Å². The molecule has 0 aliphatic rings. The molecule has 5 nitrogen and oxygen atoms in total. The molecule has 0 radical (unpaired) electrons. The number of aromatic carboxylic acids is 1. The number of hydrogen-bond donors (Lipinski definition) is 1. The van der Waals surface area contributed by atoms with E-state index in [1.807, 2.05) is 0 Å². The van der Waals surface area contributed by atoms with Crippen LogP contribution in [0.4, 0.5) is 0 Å². The first-order chi connectivity index (χ1) is 6.61. The van der Waals surface area contributed by atoms with Crippen molar-refractivity contribution in [1.82, 2.24) is 14.6 Å². The highest BCUT2D eigenvalue weighted by Gasteiger charge is 2.14. The van der Waals surface area contributed by atoms with Gasteiger partial charge in [0.05, 0.1) is 0 Å². The maximum atomic E-state index is 11.0. The van der Waals surface area contributed by atoms with E-state index in [0.717, 1.165) is 0 Å². The number of carboxylic acid groups (broad SMARTS) is 1. The third-order valence-electron chi connectivity index (χ3n) is 2.13. The van der Waals surface area contributed by atoms with Gasteiger partial charge in [0.2, 0.25) is 0 Å². The molecule has 2 rings (SSSR count). The summed E-state index contributed by atoms with van der Waals surface area (Å²) in [5.74, 6) is -0.378. The molecule has 0 saturated carbocycles. The molecule has 5 heteroatoms. The molecule has 0 spiro atoms. The highest BCUT2D eigenvalue weighted by atomic mass is 16.4. The van der Waals surface area contributed by atoms with E-state index in [1.54, 1.807) is 26.0 Å². The summed E-state index contributed by atoms with van der Waals surface area (Å²) in [6.45, 7) is 3.48. The number of carbonyl (C=O) groups is 1. The second-order valence-electron chi connectivity index (χ2n) is 3.11. The number of aryl methyl sites for hydroxylation is 2. The number of pyridine rings is 1. The van der Waals surface area contributed by atoms with Gasteiger partial charge in [-0.3, -0.25) is 4.40 Å². The van der Waals surface area contributed by atoms with Gasteiger partial charge in [-0.2, -0.15) is 0 Å². The maximum Gasteiger partial charge on any atom is 0.353 e. The Morgan fingerprint density at radius 1 is 1.36 bits per heavy atom. The molecule has 0 amide bonds. The molecule has 0 atom stereocenters. The highest BCUT2D eigenvalue weighted by Crippen LogP contribution is 2.12. The van der Waals surface area contributed by atoms with Crippen molar-refractivity contribution in [2.45, 2.75) is 13.8 Å². The number of fused-ring (bicyclic) bond motifs is 1. The first-order valence-corrected chi connectivity index (χ1v) is 4.16. The van der Waals surface area contributed by atoms with Gasteiger partial charge < -0.3 is 5.11 Å². The van der Waals surface area contributed by atoms with Crippen LogP contribution in [0, 0.1) is 13.8 Å². The van der Waals surface area contributed by atoms with Gasteiger partial charge in [-0.05, 0) is 25.5 Å². The molecule has 0 fully saturated rings. The topological polar surface area (TPSA) is 67.5 Å². The van der Waals surface area contributed by atoms with Crippen LogP contribution in [0.1, 0.15) is 21.9 Å². The second-order valence-corrected chi connectivity index (χ2v) is 3.11. The molecular formula is C9H9N3O2. The molecule has 2 aromatic rings. The van der Waals surface area contributed by atoms with Gasteiger partial charge in [-0.25, -0.2) is 4.79 Å². The van der Waals surface area contributed by atoms with Crippen LogP contribution in [-0.2, 0) is 0 Å². The molecule has 0 bridgehead atoms. The molecule has 1 N–H and O–H groups in total. The Bertz CT molecular complexity index is 516. The quantitative estimate of drug-likeness (QED) is 0.731. The lowest BCUT2D eigenvalue weighted by molar-refractivity contribution is 0.0687. The van der Waals surface area contributed by atoms with Crippen LogP contribution in [0.5, 0.6) is 0 Å². The van der Waals surface area contributed by atoms with E-state index >= 15 is 0 Å². The van der Waals surface area contributed by atoms with E-state index in [0.29, 0.717) is 17.0 Å². The van der Waals surface area contributed by atoms with E-state index < -0.39 is 5.97 Å². The largest absolute Gasteiger partial charge is 0.477 e.